The standard InChI is InChI=1S/C21H14ClF4NO3/c22-16-8-12(6-7-17(16)23)11-27-18-10-13(20(28)29)9-15(21(24,25)26)19(18)30-14-4-2-1-3-5-14/h1-10,27H,11H2,(H,28,29). The Balaban J connectivity index is 2.06. The van der Waals surface area contributed by atoms with Crippen LogP contribution in [0.1, 0.15) is 21.5 Å². The number of ether oxygens (including phenoxy) is 1. The number of benzene rings is 3. The van der Waals surface area contributed by atoms with Gasteiger partial charge in [-0.2, -0.15) is 13.2 Å². The van der Waals surface area contributed by atoms with Crippen molar-refractivity contribution in [3.63, 3.8) is 0 Å². The van der Waals surface area contributed by atoms with Gasteiger partial charge in [-0.1, -0.05) is 35.9 Å². The van der Waals surface area contributed by atoms with Crippen molar-refractivity contribution in [3.8, 4) is 11.5 Å². The summed E-state index contributed by atoms with van der Waals surface area (Å²) in [6.45, 7) is -0.0501. The van der Waals surface area contributed by atoms with Gasteiger partial charge in [0.05, 0.1) is 16.3 Å². The second kappa shape index (κ2) is 8.62. The summed E-state index contributed by atoms with van der Waals surface area (Å²) in [6, 6.07) is 13.2. The van der Waals surface area contributed by atoms with E-state index in [1.54, 1.807) is 18.2 Å². The highest BCUT2D eigenvalue weighted by molar-refractivity contribution is 6.30. The average molecular weight is 440 g/mol. The van der Waals surface area contributed by atoms with Crippen LogP contribution >= 0.6 is 11.6 Å². The monoisotopic (exact) mass is 439 g/mol. The molecular formula is C21H14ClF4NO3. The summed E-state index contributed by atoms with van der Waals surface area (Å²) in [5.41, 5.74) is -1.53. The van der Waals surface area contributed by atoms with Crippen molar-refractivity contribution in [1.29, 1.82) is 0 Å². The van der Waals surface area contributed by atoms with Crippen LogP contribution in [0.5, 0.6) is 11.5 Å². The van der Waals surface area contributed by atoms with Crippen molar-refractivity contribution >= 4 is 23.3 Å². The first kappa shape index (κ1) is 21.4. The van der Waals surface area contributed by atoms with Gasteiger partial charge in [-0.3, -0.25) is 0 Å². The van der Waals surface area contributed by atoms with E-state index in [1.807, 2.05) is 0 Å². The number of anilines is 1. The highest BCUT2D eigenvalue weighted by Gasteiger charge is 2.37. The van der Waals surface area contributed by atoms with Gasteiger partial charge in [0.15, 0.2) is 5.75 Å². The predicted molar refractivity (Wildman–Crippen MR) is 104 cm³/mol. The number of para-hydroxylation sites is 1. The van der Waals surface area contributed by atoms with Crippen LogP contribution in [-0.4, -0.2) is 11.1 Å². The van der Waals surface area contributed by atoms with Gasteiger partial charge >= 0.3 is 12.1 Å². The van der Waals surface area contributed by atoms with E-state index >= 15 is 0 Å². The van der Waals surface area contributed by atoms with E-state index in [1.165, 1.54) is 24.3 Å². The quantitative estimate of drug-likeness (QED) is 0.425. The molecule has 3 aromatic carbocycles. The number of hydrogen-bond acceptors (Lipinski definition) is 3. The summed E-state index contributed by atoms with van der Waals surface area (Å²) < 4.78 is 59.8. The molecule has 0 unspecified atom stereocenters. The number of carboxylic acid groups (broad SMARTS) is 1. The van der Waals surface area contributed by atoms with Gasteiger partial charge in [-0.05, 0) is 42.0 Å². The van der Waals surface area contributed by atoms with Crippen LogP contribution < -0.4 is 10.1 Å². The molecule has 156 valence electrons. The Labute approximate surface area is 173 Å². The van der Waals surface area contributed by atoms with Gasteiger partial charge in [-0.15, -0.1) is 0 Å². The lowest BCUT2D eigenvalue weighted by atomic mass is 10.1. The number of carbonyl (C=O) groups is 1. The fourth-order valence-corrected chi connectivity index (χ4v) is 2.86. The first-order valence-corrected chi connectivity index (χ1v) is 8.92. The Morgan fingerprint density at radius 1 is 1.07 bits per heavy atom. The van der Waals surface area contributed by atoms with Crippen molar-refractivity contribution in [2.75, 3.05) is 5.32 Å². The second-order valence-corrected chi connectivity index (χ2v) is 6.63. The minimum Gasteiger partial charge on any atom is -0.478 e. The number of hydrogen-bond donors (Lipinski definition) is 2. The molecule has 30 heavy (non-hydrogen) atoms. The molecule has 0 aliphatic rings. The van der Waals surface area contributed by atoms with Crippen molar-refractivity contribution in [1.82, 2.24) is 0 Å². The Bertz CT molecular complexity index is 1070. The molecule has 0 spiro atoms. The maximum atomic E-state index is 13.7. The Morgan fingerprint density at radius 2 is 1.77 bits per heavy atom. The molecule has 0 aliphatic carbocycles. The molecule has 2 N–H and O–H groups in total. The van der Waals surface area contributed by atoms with Crippen LogP contribution in [0.4, 0.5) is 23.2 Å². The molecule has 4 nitrogen and oxygen atoms in total. The van der Waals surface area contributed by atoms with Gasteiger partial charge in [0.2, 0.25) is 0 Å². The Hall–Kier alpha value is -3.26. The second-order valence-electron chi connectivity index (χ2n) is 6.22. The molecule has 3 aromatic rings. The molecule has 0 atom stereocenters. The number of halogens is 5. The minimum atomic E-state index is -4.87. The summed E-state index contributed by atoms with van der Waals surface area (Å²) in [5.74, 6) is -2.61. The van der Waals surface area contributed by atoms with E-state index in [0.717, 1.165) is 12.1 Å². The normalized spacial score (nSPS) is 11.2. The number of carboxylic acids is 1. The zero-order chi connectivity index (χ0) is 21.9. The lowest BCUT2D eigenvalue weighted by Gasteiger charge is -2.19. The van der Waals surface area contributed by atoms with Gasteiger partial charge in [0, 0.05) is 6.54 Å². The van der Waals surface area contributed by atoms with Crippen LogP contribution in [0.25, 0.3) is 0 Å². The van der Waals surface area contributed by atoms with Crippen LogP contribution in [0.15, 0.2) is 60.7 Å². The largest absolute Gasteiger partial charge is 0.478 e. The molecule has 0 saturated carbocycles. The van der Waals surface area contributed by atoms with Crippen LogP contribution in [0.2, 0.25) is 5.02 Å². The highest BCUT2D eigenvalue weighted by Crippen LogP contribution is 2.43. The smallest absolute Gasteiger partial charge is 0.420 e. The zero-order valence-electron chi connectivity index (χ0n) is 15.1. The van der Waals surface area contributed by atoms with Crippen molar-refractivity contribution in [2.24, 2.45) is 0 Å². The van der Waals surface area contributed by atoms with Crippen molar-refractivity contribution in [2.45, 2.75) is 12.7 Å². The number of nitrogens with one attached hydrogen (secondary N) is 1. The fraction of sp³-hybridized carbons (Fsp3) is 0.0952. The van der Waals surface area contributed by atoms with Gasteiger partial charge < -0.3 is 15.2 Å². The Morgan fingerprint density at radius 3 is 2.37 bits per heavy atom. The summed E-state index contributed by atoms with van der Waals surface area (Å²) in [6.07, 6.45) is -4.87. The molecule has 0 aliphatic heterocycles. The third-order valence-corrected chi connectivity index (χ3v) is 4.36. The lowest BCUT2D eigenvalue weighted by Crippen LogP contribution is -2.12. The minimum absolute atomic E-state index is 0.0501. The third kappa shape index (κ3) is 5.01. The van der Waals surface area contributed by atoms with E-state index in [2.05, 4.69) is 5.32 Å². The van der Waals surface area contributed by atoms with E-state index in [4.69, 9.17) is 16.3 Å². The van der Waals surface area contributed by atoms with Crippen LogP contribution in [-0.2, 0) is 12.7 Å². The van der Waals surface area contributed by atoms with E-state index < -0.39 is 34.8 Å². The predicted octanol–water partition coefficient (Wildman–Crippen LogP) is 6.60. The van der Waals surface area contributed by atoms with Crippen LogP contribution in [0, 0.1) is 5.82 Å². The SMILES string of the molecule is O=C(O)c1cc(NCc2ccc(F)c(Cl)c2)c(Oc2ccccc2)c(C(F)(F)F)c1. The molecule has 0 saturated heterocycles. The molecular weight excluding hydrogens is 426 g/mol. The van der Waals surface area contributed by atoms with Crippen molar-refractivity contribution in [3.05, 3.63) is 88.2 Å². The molecule has 9 heteroatoms. The first-order chi connectivity index (χ1) is 14.1. The number of rotatable bonds is 6. The van der Waals surface area contributed by atoms with Crippen molar-refractivity contribution < 1.29 is 32.2 Å². The maximum Gasteiger partial charge on any atom is 0.420 e. The number of aromatic carboxylic acids is 1. The first-order valence-electron chi connectivity index (χ1n) is 8.54. The van der Waals surface area contributed by atoms with E-state index in [9.17, 15) is 27.5 Å². The summed E-state index contributed by atoms with van der Waals surface area (Å²) in [7, 11) is 0. The van der Waals surface area contributed by atoms with Crippen LogP contribution in [0.3, 0.4) is 0 Å². The molecule has 0 fully saturated rings. The molecule has 0 heterocycles. The Kier molecular flexibility index (Phi) is 6.17. The molecule has 0 amide bonds. The lowest BCUT2D eigenvalue weighted by molar-refractivity contribution is -0.138. The molecule has 0 radical (unpaired) electrons. The molecule has 0 bridgehead atoms. The summed E-state index contributed by atoms with van der Waals surface area (Å²) >= 11 is 5.73. The van der Waals surface area contributed by atoms with Gasteiger partial charge in [-0.25, -0.2) is 9.18 Å². The average Bonchev–Trinajstić information content (AvgIpc) is 2.69. The van der Waals surface area contributed by atoms with E-state index in [0.29, 0.717) is 11.6 Å². The summed E-state index contributed by atoms with van der Waals surface area (Å²) in [4.78, 5) is 11.4. The zero-order valence-corrected chi connectivity index (χ0v) is 15.9. The van der Waals surface area contributed by atoms with Gasteiger partial charge in [0.25, 0.3) is 0 Å². The topological polar surface area (TPSA) is 58.6 Å². The highest BCUT2D eigenvalue weighted by atomic mass is 35.5. The fourth-order valence-electron chi connectivity index (χ4n) is 2.66. The summed E-state index contributed by atoms with van der Waals surface area (Å²) in [5, 5.41) is 11.8. The molecule has 3 rings (SSSR count). The van der Waals surface area contributed by atoms with Gasteiger partial charge in [0.1, 0.15) is 17.1 Å². The maximum absolute atomic E-state index is 13.7. The number of alkyl halides is 3. The molecule has 0 aromatic heterocycles. The van der Waals surface area contributed by atoms with E-state index in [-0.39, 0.29) is 23.0 Å². The third-order valence-electron chi connectivity index (χ3n) is 4.07.